The van der Waals surface area contributed by atoms with Crippen LogP contribution in [0.15, 0.2) is 41.0 Å². The van der Waals surface area contributed by atoms with Gasteiger partial charge in [-0.2, -0.15) is 0 Å². The number of aryl methyl sites for hydroxylation is 1. The second-order valence-corrected chi connectivity index (χ2v) is 4.81. The fourth-order valence-corrected chi connectivity index (χ4v) is 2.55. The number of nitrogens with zero attached hydrogens (tertiary/aromatic N) is 1. The number of carbonyl (C=O) groups is 1. The van der Waals surface area contributed by atoms with Crippen molar-refractivity contribution in [2.45, 2.75) is 25.8 Å². The second kappa shape index (κ2) is 4.53. The Morgan fingerprint density at radius 3 is 3.00 bits per heavy atom. The predicted molar refractivity (Wildman–Crippen MR) is 69.7 cm³/mol. The highest BCUT2D eigenvalue weighted by Crippen LogP contribution is 2.32. The minimum Gasteiger partial charge on any atom is -0.459 e. The van der Waals surface area contributed by atoms with E-state index >= 15 is 0 Å². The zero-order valence-electron chi connectivity index (χ0n) is 10.6. The van der Waals surface area contributed by atoms with Crippen LogP contribution < -0.4 is 4.90 Å². The largest absolute Gasteiger partial charge is 0.459 e. The number of rotatable bonds is 1. The summed E-state index contributed by atoms with van der Waals surface area (Å²) < 4.78 is 18.4. The van der Waals surface area contributed by atoms with Crippen molar-refractivity contribution < 1.29 is 13.6 Å². The molecule has 19 heavy (non-hydrogen) atoms. The van der Waals surface area contributed by atoms with Gasteiger partial charge in [0.1, 0.15) is 5.82 Å². The van der Waals surface area contributed by atoms with Crippen LogP contribution in [0.5, 0.6) is 0 Å². The van der Waals surface area contributed by atoms with Gasteiger partial charge in [-0.25, -0.2) is 4.39 Å². The molecule has 1 atom stereocenters. The van der Waals surface area contributed by atoms with E-state index in [4.69, 9.17) is 4.42 Å². The summed E-state index contributed by atoms with van der Waals surface area (Å²) in [5.74, 6) is -0.132. The molecule has 1 aromatic carbocycles. The van der Waals surface area contributed by atoms with Crippen LogP contribution >= 0.6 is 0 Å². The van der Waals surface area contributed by atoms with E-state index in [9.17, 15) is 9.18 Å². The topological polar surface area (TPSA) is 33.5 Å². The van der Waals surface area contributed by atoms with E-state index in [0.717, 1.165) is 24.1 Å². The molecule has 1 aliphatic rings. The molecule has 1 amide bonds. The maximum Gasteiger partial charge on any atom is 0.294 e. The molecule has 0 saturated heterocycles. The summed E-state index contributed by atoms with van der Waals surface area (Å²) in [6.45, 7) is 1.99. The van der Waals surface area contributed by atoms with E-state index < -0.39 is 0 Å². The van der Waals surface area contributed by atoms with Crippen LogP contribution in [0.3, 0.4) is 0 Å². The number of halogens is 1. The molecular formula is C15H14FNO2. The van der Waals surface area contributed by atoms with Crippen molar-refractivity contribution in [3.8, 4) is 0 Å². The van der Waals surface area contributed by atoms with Gasteiger partial charge in [0.05, 0.1) is 6.26 Å². The molecule has 3 rings (SSSR count). The first-order chi connectivity index (χ1) is 9.16. The summed E-state index contributed by atoms with van der Waals surface area (Å²) in [4.78, 5) is 14.1. The van der Waals surface area contributed by atoms with Crippen LogP contribution in [0.4, 0.5) is 10.1 Å². The third-order valence-electron chi connectivity index (χ3n) is 3.52. The minimum atomic E-state index is -0.265. The molecular weight excluding hydrogens is 245 g/mol. The highest BCUT2D eigenvalue weighted by molar-refractivity contribution is 6.05. The maximum absolute atomic E-state index is 13.3. The number of fused-ring (bicyclic) bond motifs is 1. The number of anilines is 1. The Balaban J connectivity index is 2.04. The summed E-state index contributed by atoms with van der Waals surface area (Å²) in [7, 11) is 0. The van der Waals surface area contributed by atoms with Gasteiger partial charge in [-0.05, 0) is 55.7 Å². The molecule has 0 fully saturated rings. The SMILES string of the molecule is CC1CCc2cc(F)ccc2N1C(=O)c1ccco1. The first kappa shape index (κ1) is 12.0. The van der Waals surface area contributed by atoms with Crippen molar-refractivity contribution in [2.75, 3.05) is 4.90 Å². The molecule has 0 radical (unpaired) electrons. The maximum atomic E-state index is 13.3. The lowest BCUT2D eigenvalue weighted by Crippen LogP contribution is -2.42. The van der Waals surface area contributed by atoms with Crippen LogP contribution in [0, 0.1) is 5.82 Å². The Labute approximate surface area is 110 Å². The van der Waals surface area contributed by atoms with E-state index in [-0.39, 0.29) is 17.8 Å². The molecule has 1 aliphatic heterocycles. The van der Waals surface area contributed by atoms with Gasteiger partial charge in [0.2, 0.25) is 0 Å². The fraction of sp³-hybridized carbons (Fsp3) is 0.267. The molecule has 98 valence electrons. The van der Waals surface area contributed by atoms with Gasteiger partial charge in [-0.3, -0.25) is 4.79 Å². The summed E-state index contributed by atoms with van der Waals surface area (Å²) in [6.07, 6.45) is 3.09. The van der Waals surface area contributed by atoms with Gasteiger partial charge in [0.25, 0.3) is 5.91 Å². The quantitative estimate of drug-likeness (QED) is 0.786. The third kappa shape index (κ3) is 2.03. The molecule has 0 saturated carbocycles. The Kier molecular flexibility index (Phi) is 2.85. The van der Waals surface area contributed by atoms with E-state index in [1.807, 2.05) is 6.92 Å². The molecule has 0 aliphatic carbocycles. The molecule has 0 spiro atoms. The second-order valence-electron chi connectivity index (χ2n) is 4.81. The predicted octanol–water partition coefficient (Wildman–Crippen LogP) is 3.40. The first-order valence-corrected chi connectivity index (χ1v) is 6.32. The van der Waals surface area contributed by atoms with Crippen LogP contribution in [-0.2, 0) is 6.42 Å². The van der Waals surface area contributed by atoms with Gasteiger partial charge in [0.15, 0.2) is 5.76 Å². The summed E-state index contributed by atoms with van der Waals surface area (Å²) in [5, 5.41) is 0. The van der Waals surface area contributed by atoms with Crippen molar-refractivity contribution in [2.24, 2.45) is 0 Å². The summed E-state index contributed by atoms with van der Waals surface area (Å²) in [5.41, 5.74) is 1.65. The highest BCUT2D eigenvalue weighted by Gasteiger charge is 2.30. The van der Waals surface area contributed by atoms with Crippen molar-refractivity contribution >= 4 is 11.6 Å². The van der Waals surface area contributed by atoms with Gasteiger partial charge < -0.3 is 9.32 Å². The van der Waals surface area contributed by atoms with Crippen LogP contribution in [0.1, 0.15) is 29.5 Å². The monoisotopic (exact) mass is 259 g/mol. The minimum absolute atomic E-state index is 0.0792. The third-order valence-corrected chi connectivity index (χ3v) is 3.52. The lowest BCUT2D eigenvalue weighted by Gasteiger charge is -2.34. The lowest BCUT2D eigenvalue weighted by molar-refractivity contribution is 0.0948. The van der Waals surface area contributed by atoms with E-state index in [0.29, 0.717) is 5.76 Å². The van der Waals surface area contributed by atoms with Crippen molar-refractivity contribution in [3.05, 3.63) is 53.7 Å². The van der Waals surface area contributed by atoms with Crippen LogP contribution in [-0.4, -0.2) is 11.9 Å². The molecule has 2 aromatic rings. The molecule has 3 nitrogen and oxygen atoms in total. The Morgan fingerprint density at radius 1 is 1.42 bits per heavy atom. The fourth-order valence-electron chi connectivity index (χ4n) is 2.55. The van der Waals surface area contributed by atoms with Crippen molar-refractivity contribution in [3.63, 3.8) is 0 Å². The number of furan rings is 1. The Hall–Kier alpha value is -2.10. The molecule has 0 N–H and O–H groups in total. The molecule has 1 aromatic heterocycles. The van der Waals surface area contributed by atoms with Crippen molar-refractivity contribution in [1.82, 2.24) is 0 Å². The molecule has 0 bridgehead atoms. The number of hydrogen-bond donors (Lipinski definition) is 0. The molecule has 2 heterocycles. The summed E-state index contributed by atoms with van der Waals surface area (Å²) >= 11 is 0. The standard InChI is InChI=1S/C15H14FNO2/c1-10-4-5-11-9-12(16)6-7-13(11)17(10)15(18)14-3-2-8-19-14/h2-3,6-10H,4-5H2,1H3. The molecule has 1 unspecified atom stereocenters. The molecule has 4 heteroatoms. The van der Waals surface area contributed by atoms with Gasteiger partial charge >= 0.3 is 0 Å². The van der Waals surface area contributed by atoms with E-state index in [1.165, 1.54) is 18.4 Å². The van der Waals surface area contributed by atoms with Crippen LogP contribution in [0.2, 0.25) is 0 Å². The Bertz CT molecular complexity index is 607. The smallest absolute Gasteiger partial charge is 0.294 e. The van der Waals surface area contributed by atoms with Crippen LogP contribution in [0.25, 0.3) is 0 Å². The zero-order valence-corrected chi connectivity index (χ0v) is 10.6. The number of amides is 1. The Morgan fingerprint density at radius 2 is 2.26 bits per heavy atom. The van der Waals surface area contributed by atoms with Gasteiger partial charge in [-0.1, -0.05) is 0 Å². The number of hydrogen-bond acceptors (Lipinski definition) is 2. The number of carbonyl (C=O) groups excluding carboxylic acids is 1. The lowest BCUT2D eigenvalue weighted by atomic mass is 9.96. The van der Waals surface area contributed by atoms with Gasteiger partial charge in [-0.15, -0.1) is 0 Å². The van der Waals surface area contributed by atoms with Crippen molar-refractivity contribution in [1.29, 1.82) is 0 Å². The highest BCUT2D eigenvalue weighted by atomic mass is 19.1. The zero-order chi connectivity index (χ0) is 13.4. The van der Waals surface area contributed by atoms with E-state index in [2.05, 4.69) is 0 Å². The summed E-state index contributed by atoms with van der Waals surface area (Å²) in [6, 6.07) is 7.97. The average molecular weight is 259 g/mol. The van der Waals surface area contributed by atoms with E-state index in [1.54, 1.807) is 23.1 Å². The number of benzene rings is 1. The van der Waals surface area contributed by atoms with Gasteiger partial charge in [0, 0.05) is 11.7 Å². The normalized spacial score (nSPS) is 18.2. The average Bonchev–Trinajstić information content (AvgIpc) is 2.92. The first-order valence-electron chi connectivity index (χ1n) is 6.32.